The molecule has 2 rings (SSSR count). The van der Waals surface area contributed by atoms with Crippen LogP contribution in [0.15, 0.2) is 18.2 Å². The van der Waals surface area contributed by atoms with Gasteiger partial charge >= 0.3 is 5.97 Å². The first-order chi connectivity index (χ1) is 8.11. The van der Waals surface area contributed by atoms with E-state index in [1.54, 1.807) is 0 Å². The smallest absolute Gasteiger partial charge is 0.303 e. The second-order valence-electron chi connectivity index (χ2n) is 4.17. The van der Waals surface area contributed by atoms with Gasteiger partial charge in [-0.15, -0.1) is 0 Å². The topological polar surface area (TPSA) is 55.1 Å². The molecule has 4 heteroatoms. The van der Waals surface area contributed by atoms with Crippen molar-refractivity contribution in [1.29, 1.82) is 0 Å². The van der Waals surface area contributed by atoms with Gasteiger partial charge in [-0.25, -0.2) is 0 Å². The van der Waals surface area contributed by atoms with Gasteiger partial charge < -0.3 is 5.11 Å². The highest BCUT2D eigenvalue weighted by molar-refractivity contribution is 5.82. The molecule has 0 radical (unpaired) electrons. The molecule has 1 N–H and O–H groups in total. The van der Waals surface area contributed by atoms with Crippen LogP contribution in [0.2, 0.25) is 0 Å². The molecule has 17 heavy (non-hydrogen) atoms. The second-order valence-corrected chi connectivity index (χ2v) is 4.17. The van der Waals surface area contributed by atoms with E-state index in [2.05, 4.69) is 18.1 Å². The molecule has 0 bridgehead atoms. The van der Waals surface area contributed by atoms with Gasteiger partial charge in [0, 0.05) is 18.9 Å². The molecule has 0 aliphatic heterocycles. The molecule has 0 aliphatic carbocycles. The van der Waals surface area contributed by atoms with E-state index in [0.29, 0.717) is 6.42 Å². The number of nitrogens with zero attached hydrogens (tertiary/aromatic N) is 2. The molecule has 1 heterocycles. The van der Waals surface area contributed by atoms with Crippen molar-refractivity contribution in [3.8, 4) is 0 Å². The molecule has 1 aromatic heterocycles. The van der Waals surface area contributed by atoms with Gasteiger partial charge in [0.25, 0.3) is 0 Å². The maximum absolute atomic E-state index is 10.5. The lowest BCUT2D eigenvalue weighted by molar-refractivity contribution is -0.136. The van der Waals surface area contributed by atoms with Crippen molar-refractivity contribution in [3.63, 3.8) is 0 Å². The largest absolute Gasteiger partial charge is 0.481 e. The number of carboxylic acids is 1. The Morgan fingerprint density at radius 1 is 1.47 bits per heavy atom. The average Bonchev–Trinajstić information content (AvgIpc) is 2.63. The van der Waals surface area contributed by atoms with E-state index in [9.17, 15) is 4.79 Å². The summed E-state index contributed by atoms with van der Waals surface area (Å²) < 4.78 is 1.87. The second kappa shape index (κ2) is 4.57. The Morgan fingerprint density at radius 2 is 2.24 bits per heavy atom. The summed E-state index contributed by atoms with van der Waals surface area (Å²) in [6.45, 7) is 2.08. The first-order valence-corrected chi connectivity index (χ1v) is 5.78. The predicted octanol–water partition coefficient (Wildman–Crippen LogP) is 2.15. The standard InChI is InChI=1S/C13H16N2O2/c1-3-11-10-8-9(5-7-13(16)17)4-6-12(10)15(2)14-11/h4,6,8H,3,5,7H2,1-2H3,(H,16,17). The zero-order chi connectivity index (χ0) is 12.4. The zero-order valence-electron chi connectivity index (χ0n) is 10.1. The SMILES string of the molecule is CCc1nn(C)c2ccc(CCC(=O)O)cc12. The number of fused-ring (bicyclic) bond motifs is 1. The van der Waals surface area contributed by atoms with Crippen LogP contribution in [0.4, 0.5) is 0 Å². The van der Waals surface area contributed by atoms with Crippen LogP contribution in [0.5, 0.6) is 0 Å². The maximum Gasteiger partial charge on any atom is 0.303 e. The Kier molecular flexibility index (Phi) is 3.13. The predicted molar refractivity (Wildman–Crippen MR) is 66.0 cm³/mol. The van der Waals surface area contributed by atoms with Crippen LogP contribution >= 0.6 is 0 Å². The number of hydrogen-bond donors (Lipinski definition) is 1. The zero-order valence-corrected chi connectivity index (χ0v) is 10.1. The molecule has 0 spiro atoms. The van der Waals surface area contributed by atoms with E-state index >= 15 is 0 Å². The molecule has 1 aromatic carbocycles. The number of aliphatic carboxylic acids is 1. The Balaban J connectivity index is 2.38. The summed E-state index contributed by atoms with van der Waals surface area (Å²) >= 11 is 0. The lowest BCUT2D eigenvalue weighted by atomic mass is 10.1. The lowest BCUT2D eigenvalue weighted by Gasteiger charge is -2.00. The minimum atomic E-state index is -0.757. The Bertz CT molecular complexity index is 558. The Labute approximate surface area is 99.9 Å². The Hall–Kier alpha value is -1.84. The Morgan fingerprint density at radius 3 is 2.88 bits per heavy atom. The molecule has 0 unspecified atom stereocenters. The van der Waals surface area contributed by atoms with E-state index in [1.807, 2.05) is 23.9 Å². The van der Waals surface area contributed by atoms with Crippen LogP contribution in [-0.2, 0) is 24.7 Å². The summed E-state index contributed by atoms with van der Waals surface area (Å²) in [5, 5.41) is 14.3. The van der Waals surface area contributed by atoms with Gasteiger partial charge in [0.05, 0.1) is 11.2 Å². The lowest BCUT2D eigenvalue weighted by Crippen LogP contribution is -1.97. The van der Waals surface area contributed by atoms with Gasteiger partial charge in [-0.1, -0.05) is 13.0 Å². The molecule has 0 saturated carbocycles. The van der Waals surface area contributed by atoms with E-state index in [1.165, 1.54) is 0 Å². The normalized spacial score (nSPS) is 10.9. The minimum absolute atomic E-state index is 0.174. The molecular formula is C13H16N2O2. The number of aryl methyl sites for hydroxylation is 3. The first-order valence-electron chi connectivity index (χ1n) is 5.78. The molecular weight excluding hydrogens is 216 g/mol. The fraction of sp³-hybridized carbons (Fsp3) is 0.385. The van der Waals surface area contributed by atoms with Crippen molar-refractivity contribution in [1.82, 2.24) is 9.78 Å². The van der Waals surface area contributed by atoms with Crippen LogP contribution in [0.1, 0.15) is 24.6 Å². The number of carbonyl (C=O) groups is 1. The van der Waals surface area contributed by atoms with E-state index in [-0.39, 0.29) is 6.42 Å². The molecule has 0 amide bonds. The quantitative estimate of drug-likeness (QED) is 0.878. The summed E-state index contributed by atoms with van der Waals surface area (Å²) in [5.41, 5.74) is 3.23. The molecule has 0 aliphatic rings. The van der Waals surface area contributed by atoms with Gasteiger partial charge in [-0.3, -0.25) is 9.48 Å². The molecule has 90 valence electrons. The van der Waals surface area contributed by atoms with E-state index < -0.39 is 5.97 Å². The van der Waals surface area contributed by atoms with Crippen molar-refractivity contribution in [2.24, 2.45) is 7.05 Å². The fourth-order valence-corrected chi connectivity index (χ4v) is 2.05. The number of aromatic nitrogens is 2. The average molecular weight is 232 g/mol. The molecule has 2 aromatic rings. The molecule has 0 fully saturated rings. The summed E-state index contributed by atoms with van der Waals surface area (Å²) in [7, 11) is 1.93. The molecule has 4 nitrogen and oxygen atoms in total. The number of benzene rings is 1. The van der Waals surface area contributed by atoms with Gasteiger partial charge in [-0.2, -0.15) is 5.10 Å². The van der Waals surface area contributed by atoms with Crippen molar-refractivity contribution >= 4 is 16.9 Å². The summed E-state index contributed by atoms with van der Waals surface area (Å²) in [4.78, 5) is 10.5. The van der Waals surface area contributed by atoms with Gasteiger partial charge in [0.1, 0.15) is 0 Å². The van der Waals surface area contributed by atoms with Crippen molar-refractivity contribution in [3.05, 3.63) is 29.5 Å². The van der Waals surface area contributed by atoms with Gasteiger partial charge in [0.2, 0.25) is 0 Å². The highest BCUT2D eigenvalue weighted by Crippen LogP contribution is 2.20. The van der Waals surface area contributed by atoms with Crippen molar-refractivity contribution in [2.45, 2.75) is 26.2 Å². The van der Waals surface area contributed by atoms with Crippen LogP contribution in [0.25, 0.3) is 10.9 Å². The highest BCUT2D eigenvalue weighted by Gasteiger charge is 2.08. The summed E-state index contributed by atoms with van der Waals surface area (Å²) in [6, 6.07) is 6.05. The van der Waals surface area contributed by atoms with E-state index in [0.717, 1.165) is 28.6 Å². The minimum Gasteiger partial charge on any atom is -0.481 e. The van der Waals surface area contributed by atoms with Crippen LogP contribution in [0.3, 0.4) is 0 Å². The third-order valence-electron chi connectivity index (χ3n) is 2.95. The van der Waals surface area contributed by atoms with Gasteiger partial charge in [-0.05, 0) is 30.5 Å². The number of hydrogen-bond acceptors (Lipinski definition) is 2. The maximum atomic E-state index is 10.5. The van der Waals surface area contributed by atoms with Gasteiger partial charge in [0.15, 0.2) is 0 Å². The summed E-state index contributed by atoms with van der Waals surface area (Å²) in [6.07, 6.45) is 1.64. The first kappa shape index (κ1) is 11.6. The third kappa shape index (κ3) is 2.30. The van der Waals surface area contributed by atoms with Crippen LogP contribution in [0, 0.1) is 0 Å². The summed E-state index contributed by atoms with van der Waals surface area (Å²) in [5.74, 6) is -0.757. The highest BCUT2D eigenvalue weighted by atomic mass is 16.4. The van der Waals surface area contributed by atoms with E-state index in [4.69, 9.17) is 5.11 Å². The third-order valence-corrected chi connectivity index (χ3v) is 2.95. The van der Waals surface area contributed by atoms with Crippen molar-refractivity contribution in [2.75, 3.05) is 0 Å². The van der Waals surface area contributed by atoms with Crippen LogP contribution in [-0.4, -0.2) is 20.9 Å². The molecule has 0 saturated heterocycles. The molecule has 0 atom stereocenters. The number of carboxylic acid groups (broad SMARTS) is 1. The monoisotopic (exact) mass is 232 g/mol. The fourth-order valence-electron chi connectivity index (χ4n) is 2.05. The number of rotatable bonds is 4. The van der Waals surface area contributed by atoms with Crippen LogP contribution < -0.4 is 0 Å². The van der Waals surface area contributed by atoms with Crippen molar-refractivity contribution < 1.29 is 9.90 Å².